The number of aryl methyl sites for hydroxylation is 2. The van der Waals surface area contributed by atoms with Crippen molar-refractivity contribution in [3.63, 3.8) is 0 Å². The van der Waals surface area contributed by atoms with Gasteiger partial charge in [0, 0.05) is 30.5 Å². The van der Waals surface area contributed by atoms with E-state index in [2.05, 4.69) is 30.2 Å². The lowest BCUT2D eigenvalue weighted by Crippen LogP contribution is -2.18. The van der Waals surface area contributed by atoms with E-state index in [-0.39, 0.29) is 0 Å². The van der Waals surface area contributed by atoms with Gasteiger partial charge in [-0.25, -0.2) is 4.98 Å². The number of ether oxygens (including phenoxy) is 2. The number of aromatic nitrogens is 1. The summed E-state index contributed by atoms with van der Waals surface area (Å²) in [6, 6.07) is 2.81. The fraction of sp³-hybridized carbons (Fsp3) is 0.688. The Hall–Kier alpha value is -1.13. The number of nitrogens with one attached hydrogen (secondary N) is 1. The summed E-state index contributed by atoms with van der Waals surface area (Å²) < 4.78 is 11.3. The molecule has 0 bridgehead atoms. The molecule has 0 aliphatic heterocycles. The molecule has 0 amide bonds. The molecule has 1 fully saturated rings. The summed E-state index contributed by atoms with van der Waals surface area (Å²) in [6.07, 6.45) is 3.62. The molecule has 1 aliphatic carbocycles. The molecule has 0 atom stereocenters. The van der Waals surface area contributed by atoms with Gasteiger partial charge in [0.2, 0.25) is 5.88 Å². The van der Waals surface area contributed by atoms with Crippen LogP contribution in [-0.2, 0) is 11.3 Å². The third kappa shape index (κ3) is 4.76. The second-order valence-corrected chi connectivity index (χ2v) is 5.48. The van der Waals surface area contributed by atoms with E-state index in [1.165, 1.54) is 24.0 Å². The van der Waals surface area contributed by atoms with E-state index in [0.717, 1.165) is 31.1 Å². The van der Waals surface area contributed by atoms with Gasteiger partial charge in [0.1, 0.15) is 6.61 Å². The highest BCUT2D eigenvalue weighted by Crippen LogP contribution is 2.24. The van der Waals surface area contributed by atoms with Crippen LogP contribution in [0.5, 0.6) is 5.88 Å². The maximum Gasteiger partial charge on any atom is 0.218 e. The third-order valence-corrected chi connectivity index (χ3v) is 3.40. The van der Waals surface area contributed by atoms with Crippen molar-refractivity contribution in [2.45, 2.75) is 52.6 Å². The molecule has 1 aliphatic rings. The number of rotatable bonds is 9. The molecule has 1 heterocycles. The zero-order valence-corrected chi connectivity index (χ0v) is 12.9. The van der Waals surface area contributed by atoms with E-state index in [0.29, 0.717) is 19.3 Å². The van der Waals surface area contributed by atoms with Crippen LogP contribution in [0, 0.1) is 13.8 Å². The summed E-state index contributed by atoms with van der Waals surface area (Å²) in [4.78, 5) is 4.53. The van der Waals surface area contributed by atoms with E-state index < -0.39 is 0 Å². The monoisotopic (exact) mass is 278 g/mol. The van der Waals surface area contributed by atoms with Crippen molar-refractivity contribution < 1.29 is 9.47 Å². The van der Waals surface area contributed by atoms with Crippen molar-refractivity contribution in [2.24, 2.45) is 0 Å². The minimum absolute atomic E-state index is 0.562. The number of hydrogen-bond donors (Lipinski definition) is 1. The lowest BCUT2D eigenvalue weighted by molar-refractivity contribution is 0.0985. The summed E-state index contributed by atoms with van der Waals surface area (Å²) in [7, 11) is 0. The number of pyridine rings is 1. The van der Waals surface area contributed by atoms with Crippen LogP contribution in [-0.4, -0.2) is 30.8 Å². The Morgan fingerprint density at radius 2 is 2.05 bits per heavy atom. The SMILES string of the molecule is CCCOCCOc1nc(C)cc(C)c1CNC1CC1. The van der Waals surface area contributed by atoms with E-state index in [4.69, 9.17) is 9.47 Å². The summed E-state index contributed by atoms with van der Waals surface area (Å²) in [5.74, 6) is 0.760. The van der Waals surface area contributed by atoms with Gasteiger partial charge in [0.15, 0.2) is 0 Å². The second kappa shape index (κ2) is 7.60. The van der Waals surface area contributed by atoms with Crippen LogP contribution in [0.25, 0.3) is 0 Å². The van der Waals surface area contributed by atoms with E-state index in [1.54, 1.807) is 0 Å². The molecule has 1 aromatic heterocycles. The molecule has 0 spiro atoms. The minimum Gasteiger partial charge on any atom is -0.475 e. The molecule has 112 valence electrons. The van der Waals surface area contributed by atoms with Gasteiger partial charge < -0.3 is 14.8 Å². The van der Waals surface area contributed by atoms with Gasteiger partial charge in [-0.15, -0.1) is 0 Å². The molecule has 1 aromatic rings. The highest BCUT2D eigenvalue weighted by molar-refractivity contribution is 5.36. The average molecular weight is 278 g/mol. The summed E-state index contributed by atoms with van der Waals surface area (Å²) in [6.45, 7) is 9.05. The molecule has 1 saturated carbocycles. The zero-order chi connectivity index (χ0) is 14.4. The molecule has 0 aromatic carbocycles. The van der Waals surface area contributed by atoms with Gasteiger partial charge in [-0.1, -0.05) is 6.92 Å². The van der Waals surface area contributed by atoms with E-state index in [9.17, 15) is 0 Å². The second-order valence-electron chi connectivity index (χ2n) is 5.48. The Morgan fingerprint density at radius 1 is 1.25 bits per heavy atom. The lowest BCUT2D eigenvalue weighted by Gasteiger charge is -2.14. The third-order valence-electron chi connectivity index (χ3n) is 3.40. The molecule has 2 rings (SSSR count). The molecular weight excluding hydrogens is 252 g/mol. The summed E-state index contributed by atoms with van der Waals surface area (Å²) >= 11 is 0. The molecule has 0 radical (unpaired) electrons. The molecule has 4 heteroatoms. The van der Waals surface area contributed by atoms with Gasteiger partial charge in [-0.3, -0.25) is 0 Å². The van der Waals surface area contributed by atoms with Crippen molar-refractivity contribution >= 4 is 0 Å². The minimum atomic E-state index is 0.562. The predicted molar refractivity (Wildman–Crippen MR) is 80.2 cm³/mol. The zero-order valence-electron chi connectivity index (χ0n) is 12.9. The summed E-state index contributed by atoms with van der Waals surface area (Å²) in [5, 5.41) is 3.53. The van der Waals surface area contributed by atoms with Crippen LogP contribution in [0.3, 0.4) is 0 Å². The van der Waals surface area contributed by atoms with Gasteiger partial charge >= 0.3 is 0 Å². The number of hydrogen-bond acceptors (Lipinski definition) is 4. The highest BCUT2D eigenvalue weighted by Gasteiger charge is 2.21. The van der Waals surface area contributed by atoms with Crippen LogP contribution in [0.4, 0.5) is 0 Å². The predicted octanol–water partition coefficient (Wildman–Crippen LogP) is 2.76. The van der Waals surface area contributed by atoms with Crippen molar-refractivity contribution in [1.82, 2.24) is 10.3 Å². The molecule has 4 nitrogen and oxygen atoms in total. The van der Waals surface area contributed by atoms with E-state index in [1.807, 2.05) is 6.92 Å². The Bertz CT molecular complexity index is 431. The Labute approximate surface area is 121 Å². The largest absolute Gasteiger partial charge is 0.475 e. The first-order chi connectivity index (χ1) is 9.70. The van der Waals surface area contributed by atoms with Crippen molar-refractivity contribution in [1.29, 1.82) is 0 Å². The van der Waals surface area contributed by atoms with Gasteiger partial charge in [0.25, 0.3) is 0 Å². The van der Waals surface area contributed by atoms with Crippen molar-refractivity contribution in [3.8, 4) is 5.88 Å². The van der Waals surface area contributed by atoms with Gasteiger partial charge in [-0.05, 0) is 44.7 Å². The molecule has 0 saturated heterocycles. The van der Waals surface area contributed by atoms with Crippen molar-refractivity contribution in [3.05, 3.63) is 22.9 Å². The highest BCUT2D eigenvalue weighted by atomic mass is 16.5. The van der Waals surface area contributed by atoms with Crippen molar-refractivity contribution in [2.75, 3.05) is 19.8 Å². The first-order valence-electron chi connectivity index (χ1n) is 7.61. The van der Waals surface area contributed by atoms with Crippen LogP contribution in [0.15, 0.2) is 6.07 Å². The van der Waals surface area contributed by atoms with Crippen LogP contribution >= 0.6 is 0 Å². The Morgan fingerprint density at radius 3 is 2.75 bits per heavy atom. The quantitative estimate of drug-likeness (QED) is 0.705. The van der Waals surface area contributed by atoms with E-state index >= 15 is 0 Å². The normalized spacial score (nSPS) is 14.6. The molecular formula is C16H26N2O2. The molecule has 0 unspecified atom stereocenters. The van der Waals surface area contributed by atoms with Crippen LogP contribution < -0.4 is 10.1 Å². The maximum atomic E-state index is 5.82. The Balaban J connectivity index is 1.92. The average Bonchev–Trinajstić information content (AvgIpc) is 3.21. The van der Waals surface area contributed by atoms with Crippen LogP contribution in [0.1, 0.15) is 43.0 Å². The van der Waals surface area contributed by atoms with Gasteiger partial charge in [-0.2, -0.15) is 0 Å². The van der Waals surface area contributed by atoms with Crippen LogP contribution in [0.2, 0.25) is 0 Å². The molecule has 1 N–H and O–H groups in total. The Kier molecular flexibility index (Phi) is 5.80. The standard InChI is InChI=1S/C16H26N2O2/c1-4-7-19-8-9-20-16-15(11-17-14-5-6-14)12(2)10-13(3)18-16/h10,14,17H,4-9,11H2,1-3H3. The first kappa shape index (κ1) is 15.3. The lowest BCUT2D eigenvalue weighted by atomic mass is 10.1. The fourth-order valence-electron chi connectivity index (χ4n) is 2.14. The number of nitrogens with zero attached hydrogens (tertiary/aromatic N) is 1. The first-order valence-corrected chi connectivity index (χ1v) is 7.61. The summed E-state index contributed by atoms with van der Waals surface area (Å²) in [5.41, 5.74) is 3.43. The fourth-order valence-corrected chi connectivity index (χ4v) is 2.14. The topological polar surface area (TPSA) is 43.4 Å². The maximum absolute atomic E-state index is 5.82. The smallest absolute Gasteiger partial charge is 0.218 e. The van der Waals surface area contributed by atoms with Gasteiger partial charge in [0.05, 0.1) is 6.61 Å². The molecule has 20 heavy (non-hydrogen) atoms.